The molecule has 3 atom stereocenters. The van der Waals surface area contributed by atoms with E-state index in [1.807, 2.05) is 0 Å². The molecular formula is C26H29F5N8O3. The number of aromatic nitrogens is 5. The van der Waals surface area contributed by atoms with Crippen molar-refractivity contribution in [2.75, 3.05) is 6.54 Å². The van der Waals surface area contributed by atoms with Gasteiger partial charge in [-0.05, 0) is 61.2 Å². The largest absolute Gasteiger partial charge is 0.391 e. The number of amides is 3. The Morgan fingerprint density at radius 1 is 1.19 bits per heavy atom. The zero-order chi connectivity index (χ0) is 29.8. The molecule has 1 saturated heterocycles. The van der Waals surface area contributed by atoms with Crippen molar-refractivity contribution in [3.8, 4) is 0 Å². The molecule has 0 spiro atoms. The second kappa shape index (κ2) is 10.5. The van der Waals surface area contributed by atoms with Gasteiger partial charge < -0.3 is 15.5 Å². The molecule has 3 aromatic heterocycles. The molecule has 0 unspecified atom stereocenters. The first-order chi connectivity index (χ1) is 19.9. The van der Waals surface area contributed by atoms with Crippen molar-refractivity contribution in [3.63, 3.8) is 0 Å². The number of urea groups is 1. The van der Waals surface area contributed by atoms with Crippen LogP contribution in [0.5, 0.6) is 0 Å². The van der Waals surface area contributed by atoms with E-state index in [1.165, 1.54) is 9.42 Å². The summed E-state index contributed by atoms with van der Waals surface area (Å²) in [7, 11) is 0. The minimum Gasteiger partial charge on any atom is -0.342 e. The molecule has 6 rings (SSSR count). The van der Waals surface area contributed by atoms with Gasteiger partial charge in [-0.3, -0.25) is 4.79 Å². The topological polar surface area (TPSA) is 131 Å². The van der Waals surface area contributed by atoms with Crippen molar-refractivity contribution in [2.45, 2.75) is 82.1 Å². The standard InChI is InChI=1S/C26H29F5N8O3/c1-13-20(37-42-36-13)23(40)35-21(14-4-6-25(27,28)7-5-14)18-12-39-19(34-18)8-16(10-32-39)22(15-2-3-15)38-11-17(33-24(38)41)9-26(29,30)31/h8,10,12,14-15,17,21-22H,2-7,9,11H2,1H3,(H,33,41)(H,35,40)/t17-,21-,22+/m0/s1. The second-order valence-corrected chi connectivity index (χ2v) is 11.5. The maximum absolute atomic E-state index is 14.0. The molecular weight excluding hydrogens is 567 g/mol. The van der Waals surface area contributed by atoms with Crippen LogP contribution >= 0.6 is 0 Å². The van der Waals surface area contributed by atoms with E-state index in [1.54, 1.807) is 25.4 Å². The Morgan fingerprint density at radius 3 is 2.57 bits per heavy atom. The number of carbonyl (C=O) groups is 2. The third-order valence-electron chi connectivity index (χ3n) is 8.30. The predicted molar refractivity (Wildman–Crippen MR) is 134 cm³/mol. The molecule has 0 radical (unpaired) electrons. The van der Waals surface area contributed by atoms with E-state index in [-0.39, 0.29) is 55.5 Å². The van der Waals surface area contributed by atoms with E-state index in [4.69, 9.17) is 0 Å². The lowest BCUT2D eigenvalue weighted by atomic mass is 9.81. The van der Waals surface area contributed by atoms with Gasteiger partial charge >= 0.3 is 12.2 Å². The average molecular weight is 597 g/mol. The number of imidazole rings is 1. The molecule has 42 heavy (non-hydrogen) atoms. The van der Waals surface area contributed by atoms with Crippen LogP contribution in [0.2, 0.25) is 0 Å². The van der Waals surface area contributed by atoms with Gasteiger partial charge in [-0.25, -0.2) is 27.7 Å². The molecule has 11 nitrogen and oxygen atoms in total. The van der Waals surface area contributed by atoms with Crippen molar-refractivity contribution in [3.05, 3.63) is 41.1 Å². The quantitative estimate of drug-likeness (QED) is 0.366. The van der Waals surface area contributed by atoms with Gasteiger partial charge in [0.05, 0.1) is 42.6 Å². The van der Waals surface area contributed by atoms with Gasteiger partial charge in [0.25, 0.3) is 5.91 Å². The number of alkyl halides is 5. The van der Waals surface area contributed by atoms with Crippen molar-refractivity contribution < 1.29 is 36.2 Å². The lowest BCUT2D eigenvalue weighted by molar-refractivity contribution is -0.138. The van der Waals surface area contributed by atoms with Crippen LogP contribution in [0.4, 0.5) is 26.7 Å². The summed E-state index contributed by atoms with van der Waals surface area (Å²) in [5.41, 5.74) is 1.68. The van der Waals surface area contributed by atoms with Crippen LogP contribution in [0.3, 0.4) is 0 Å². The molecule has 226 valence electrons. The van der Waals surface area contributed by atoms with Crippen LogP contribution in [0.15, 0.2) is 23.1 Å². The normalized spacial score (nSPS) is 22.8. The number of fused-ring (bicyclic) bond motifs is 1. The molecule has 4 heterocycles. The summed E-state index contributed by atoms with van der Waals surface area (Å²) < 4.78 is 73.0. The highest BCUT2D eigenvalue weighted by molar-refractivity contribution is 5.93. The zero-order valence-electron chi connectivity index (χ0n) is 22.6. The van der Waals surface area contributed by atoms with E-state index in [0.29, 0.717) is 16.9 Å². The van der Waals surface area contributed by atoms with Crippen LogP contribution in [0.1, 0.15) is 84.5 Å². The molecule has 3 aromatic rings. The Bertz CT molecular complexity index is 1480. The van der Waals surface area contributed by atoms with E-state index in [9.17, 15) is 31.5 Å². The molecule has 0 aromatic carbocycles. The molecule has 2 saturated carbocycles. The van der Waals surface area contributed by atoms with E-state index < -0.39 is 48.6 Å². The van der Waals surface area contributed by atoms with Gasteiger partial charge in [0.15, 0.2) is 11.3 Å². The van der Waals surface area contributed by atoms with Crippen LogP contribution in [-0.2, 0) is 0 Å². The van der Waals surface area contributed by atoms with Crippen molar-refractivity contribution >= 4 is 17.6 Å². The van der Waals surface area contributed by atoms with E-state index in [0.717, 1.165) is 12.8 Å². The minimum atomic E-state index is -4.40. The van der Waals surface area contributed by atoms with Crippen molar-refractivity contribution in [1.82, 2.24) is 40.4 Å². The monoisotopic (exact) mass is 596 g/mol. The lowest BCUT2D eigenvalue weighted by Gasteiger charge is -2.33. The van der Waals surface area contributed by atoms with Crippen LogP contribution in [0, 0.1) is 18.8 Å². The van der Waals surface area contributed by atoms with Gasteiger partial charge in [0, 0.05) is 19.4 Å². The molecule has 3 amide bonds. The highest BCUT2D eigenvalue weighted by Gasteiger charge is 2.45. The van der Waals surface area contributed by atoms with Crippen LogP contribution < -0.4 is 10.6 Å². The number of hydrogen-bond donors (Lipinski definition) is 2. The number of rotatable bonds is 8. The Balaban J connectivity index is 1.28. The first-order valence-corrected chi connectivity index (χ1v) is 13.8. The van der Waals surface area contributed by atoms with Crippen molar-refractivity contribution in [2.24, 2.45) is 11.8 Å². The van der Waals surface area contributed by atoms with Crippen LogP contribution in [-0.4, -0.2) is 66.4 Å². The fourth-order valence-electron chi connectivity index (χ4n) is 6.07. The number of aryl methyl sites for hydroxylation is 1. The number of nitrogens with zero attached hydrogens (tertiary/aromatic N) is 6. The van der Waals surface area contributed by atoms with Gasteiger partial charge in [0.2, 0.25) is 5.92 Å². The summed E-state index contributed by atoms with van der Waals surface area (Å²) >= 11 is 0. The summed E-state index contributed by atoms with van der Waals surface area (Å²) in [4.78, 5) is 31.9. The first-order valence-electron chi connectivity index (χ1n) is 13.8. The van der Waals surface area contributed by atoms with E-state index in [2.05, 4.69) is 35.7 Å². The predicted octanol–water partition coefficient (Wildman–Crippen LogP) is 4.51. The summed E-state index contributed by atoms with van der Waals surface area (Å²) in [6.45, 7) is 1.47. The minimum absolute atomic E-state index is 0.0229. The Labute approximate surface area is 236 Å². The first kappa shape index (κ1) is 28.3. The molecule has 1 aliphatic heterocycles. The number of nitrogens with one attached hydrogen (secondary N) is 2. The lowest BCUT2D eigenvalue weighted by Crippen LogP contribution is -2.37. The third-order valence-corrected chi connectivity index (χ3v) is 8.30. The van der Waals surface area contributed by atoms with Crippen LogP contribution in [0.25, 0.3) is 5.65 Å². The molecule has 16 heteroatoms. The number of hydrogen-bond acceptors (Lipinski definition) is 7. The summed E-state index contributed by atoms with van der Waals surface area (Å²) in [6.07, 6.45) is -1.03. The molecule has 3 fully saturated rings. The second-order valence-electron chi connectivity index (χ2n) is 11.5. The van der Waals surface area contributed by atoms with Crippen molar-refractivity contribution in [1.29, 1.82) is 0 Å². The molecule has 2 N–H and O–H groups in total. The number of halogens is 5. The maximum atomic E-state index is 14.0. The summed E-state index contributed by atoms with van der Waals surface area (Å²) in [5, 5.41) is 17.0. The Morgan fingerprint density at radius 2 is 1.93 bits per heavy atom. The SMILES string of the molecule is Cc1nonc1C(=O)N[C@H](c1cn2ncc([C@@H](C3CC3)N3C[C@H](CC(F)(F)F)NC3=O)cc2n1)C1CCC(F)(F)CC1. The summed E-state index contributed by atoms with van der Waals surface area (Å²) in [6, 6.07) is -1.08. The molecule has 3 aliphatic rings. The van der Waals surface area contributed by atoms with Gasteiger partial charge in [-0.1, -0.05) is 5.16 Å². The number of carbonyl (C=O) groups excluding carboxylic acids is 2. The van der Waals surface area contributed by atoms with Gasteiger partial charge in [0.1, 0.15) is 5.69 Å². The van der Waals surface area contributed by atoms with Gasteiger partial charge in [-0.2, -0.15) is 18.3 Å². The fraction of sp³-hybridized carbons (Fsp3) is 0.615. The average Bonchev–Trinajstić information content (AvgIpc) is 3.33. The highest BCUT2D eigenvalue weighted by Crippen LogP contribution is 2.46. The zero-order valence-corrected chi connectivity index (χ0v) is 22.6. The maximum Gasteiger partial charge on any atom is 0.391 e. The Hall–Kier alpha value is -3.85. The summed E-state index contributed by atoms with van der Waals surface area (Å²) in [5.74, 6) is -3.61. The highest BCUT2D eigenvalue weighted by atomic mass is 19.4. The third kappa shape index (κ3) is 5.88. The molecule has 2 aliphatic carbocycles. The fourth-order valence-corrected chi connectivity index (χ4v) is 6.07. The molecule has 0 bridgehead atoms. The smallest absolute Gasteiger partial charge is 0.342 e. The Kier molecular flexibility index (Phi) is 7.04. The van der Waals surface area contributed by atoms with E-state index >= 15 is 0 Å². The van der Waals surface area contributed by atoms with Gasteiger partial charge in [-0.15, -0.1) is 0 Å².